The molecule has 0 bridgehead atoms. The first-order valence-corrected chi connectivity index (χ1v) is 9.94. The number of hydrogen-bond donors (Lipinski definition) is 1. The van der Waals surface area contributed by atoms with Gasteiger partial charge in [0.1, 0.15) is 6.04 Å². The molecular weight excluding hydrogens is 350 g/mol. The van der Waals surface area contributed by atoms with Crippen molar-refractivity contribution in [1.29, 1.82) is 0 Å². The fourth-order valence-corrected chi connectivity index (χ4v) is 3.81. The van der Waals surface area contributed by atoms with Crippen LogP contribution >= 0.6 is 0 Å². The zero-order valence-corrected chi connectivity index (χ0v) is 16.1. The zero-order chi connectivity index (χ0) is 19.3. The average molecular weight is 375 g/mol. The third kappa shape index (κ3) is 4.30. The second kappa shape index (κ2) is 8.38. The molecule has 3 aromatic rings. The van der Waals surface area contributed by atoms with E-state index in [1.54, 1.807) is 0 Å². The van der Waals surface area contributed by atoms with Crippen LogP contribution in [0.3, 0.4) is 0 Å². The molecule has 1 aliphatic carbocycles. The van der Waals surface area contributed by atoms with E-state index in [2.05, 4.69) is 15.5 Å². The molecule has 1 aromatic heterocycles. The van der Waals surface area contributed by atoms with Crippen LogP contribution in [-0.2, 0) is 11.2 Å². The summed E-state index contributed by atoms with van der Waals surface area (Å²) >= 11 is 0. The number of amides is 1. The molecular formula is C23H25N3O2. The van der Waals surface area contributed by atoms with Crippen LogP contribution in [-0.4, -0.2) is 16.0 Å². The van der Waals surface area contributed by atoms with Gasteiger partial charge in [-0.05, 0) is 31.4 Å². The Morgan fingerprint density at radius 1 is 1.14 bits per heavy atom. The fraction of sp³-hybridized carbons (Fsp3) is 0.348. The van der Waals surface area contributed by atoms with Gasteiger partial charge in [-0.15, -0.1) is 0 Å². The molecule has 1 heterocycles. The van der Waals surface area contributed by atoms with E-state index in [0.717, 1.165) is 42.4 Å². The molecule has 4 rings (SSSR count). The maximum atomic E-state index is 12.7. The summed E-state index contributed by atoms with van der Waals surface area (Å²) in [6.07, 6.45) is 4.79. The highest BCUT2D eigenvalue weighted by Crippen LogP contribution is 2.27. The van der Waals surface area contributed by atoms with Crippen molar-refractivity contribution in [3.8, 4) is 11.4 Å². The fourth-order valence-electron chi connectivity index (χ4n) is 3.81. The molecule has 1 unspecified atom stereocenters. The average Bonchev–Trinajstić information content (AvgIpc) is 3.41. The van der Waals surface area contributed by atoms with E-state index in [1.165, 1.54) is 0 Å². The van der Waals surface area contributed by atoms with E-state index in [9.17, 15) is 4.79 Å². The first-order chi connectivity index (χ1) is 13.7. The maximum absolute atomic E-state index is 12.7. The third-order valence-corrected chi connectivity index (χ3v) is 5.34. The Morgan fingerprint density at radius 2 is 1.93 bits per heavy atom. The highest BCUT2D eigenvalue weighted by atomic mass is 16.5. The number of nitrogens with one attached hydrogen (secondary N) is 1. The Labute approximate surface area is 165 Å². The Kier molecular flexibility index (Phi) is 5.51. The van der Waals surface area contributed by atoms with Crippen LogP contribution in [0, 0.1) is 12.8 Å². The van der Waals surface area contributed by atoms with Crippen molar-refractivity contribution >= 4 is 5.91 Å². The Bertz CT molecular complexity index is 930. The van der Waals surface area contributed by atoms with E-state index in [4.69, 9.17) is 4.52 Å². The second-order valence-electron chi connectivity index (χ2n) is 7.56. The number of nitrogens with zero attached hydrogens (tertiary/aromatic N) is 2. The largest absolute Gasteiger partial charge is 0.344 e. The summed E-state index contributed by atoms with van der Waals surface area (Å²) in [6, 6.07) is 17.7. The van der Waals surface area contributed by atoms with Crippen LogP contribution in [0.5, 0.6) is 0 Å². The lowest BCUT2D eigenvalue weighted by atomic mass is 10.0. The standard InChI is InChI=1S/C23H25N3O2/c1-16-8-7-13-19(14-16)21-25-23(28-26-21)20(15-17-9-3-2-4-10-17)24-22(27)18-11-5-6-12-18/h2-4,7-10,13-14,18,20H,5-6,11-12,15H2,1H3,(H,24,27). The molecule has 1 fully saturated rings. The minimum atomic E-state index is -0.332. The van der Waals surface area contributed by atoms with Crippen molar-refractivity contribution < 1.29 is 9.32 Å². The second-order valence-corrected chi connectivity index (χ2v) is 7.56. The first kappa shape index (κ1) is 18.4. The number of rotatable bonds is 6. The Hall–Kier alpha value is -2.95. The zero-order valence-electron chi connectivity index (χ0n) is 16.1. The van der Waals surface area contributed by atoms with Gasteiger partial charge in [0.05, 0.1) is 0 Å². The molecule has 144 valence electrons. The van der Waals surface area contributed by atoms with Crippen molar-refractivity contribution in [2.24, 2.45) is 5.92 Å². The van der Waals surface area contributed by atoms with Gasteiger partial charge in [-0.3, -0.25) is 4.79 Å². The molecule has 1 atom stereocenters. The number of aryl methyl sites for hydroxylation is 1. The molecule has 1 aliphatic rings. The summed E-state index contributed by atoms with van der Waals surface area (Å²) in [4.78, 5) is 17.3. The lowest BCUT2D eigenvalue weighted by Crippen LogP contribution is -2.34. The van der Waals surface area contributed by atoms with E-state index < -0.39 is 0 Å². The smallest absolute Gasteiger partial charge is 0.249 e. The van der Waals surface area contributed by atoms with Crippen molar-refractivity contribution in [2.75, 3.05) is 0 Å². The minimum absolute atomic E-state index is 0.0914. The summed E-state index contributed by atoms with van der Waals surface area (Å²) in [7, 11) is 0. The van der Waals surface area contributed by atoms with Crippen molar-refractivity contribution in [1.82, 2.24) is 15.5 Å². The Balaban J connectivity index is 1.58. The lowest BCUT2D eigenvalue weighted by Gasteiger charge is -2.18. The minimum Gasteiger partial charge on any atom is -0.344 e. The van der Waals surface area contributed by atoms with Crippen molar-refractivity contribution in [3.05, 3.63) is 71.6 Å². The summed E-state index contributed by atoms with van der Waals surface area (Å²) in [6.45, 7) is 2.03. The molecule has 0 spiro atoms. The SMILES string of the molecule is Cc1cccc(-c2noc(C(Cc3ccccc3)NC(=O)C3CCCC3)n2)c1. The van der Waals surface area contributed by atoms with Gasteiger partial charge in [-0.25, -0.2) is 0 Å². The summed E-state index contributed by atoms with van der Waals surface area (Å²) in [5.41, 5.74) is 3.17. The van der Waals surface area contributed by atoms with Crippen LogP contribution in [0.2, 0.25) is 0 Å². The van der Waals surface area contributed by atoms with Gasteiger partial charge in [0.2, 0.25) is 17.6 Å². The molecule has 5 nitrogen and oxygen atoms in total. The van der Waals surface area contributed by atoms with Crippen molar-refractivity contribution in [2.45, 2.75) is 45.1 Å². The highest BCUT2D eigenvalue weighted by Gasteiger charge is 2.28. The summed E-state index contributed by atoms with van der Waals surface area (Å²) < 4.78 is 5.58. The Morgan fingerprint density at radius 3 is 2.68 bits per heavy atom. The monoisotopic (exact) mass is 375 g/mol. The molecule has 1 amide bonds. The number of hydrogen-bond acceptors (Lipinski definition) is 4. The molecule has 5 heteroatoms. The van der Waals surface area contributed by atoms with Crippen LogP contribution in [0.25, 0.3) is 11.4 Å². The normalized spacial score (nSPS) is 15.5. The predicted molar refractivity (Wildman–Crippen MR) is 107 cm³/mol. The number of carbonyl (C=O) groups is 1. The van der Waals surface area contributed by atoms with Crippen LogP contribution in [0.4, 0.5) is 0 Å². The predicted octanol–water partition coefficient (Wildman–Crippen LogP) is 4.64. The third-order valence-electron chi connectivity index (χ3n) is 5.34. The van der Waals surface area contributed by atoms with E-state index >= 15 is 0 Å². The summed E-state index contributed by atoms with van der Waals surface area (Å²) in [5, 5.41) is 7.32. The number of carbonyl (C=O) groups excluding carboxylic acids is 1. The molecule has 0 radical (unpaired) electrons. The summed E-state index contributed by atoms with van der Waals surface area (Å²) in [5.74, 6) is 1.18. The molecule has 1 N–H and O–H groups in total. The van der Waals surface area contributed by atoms with Crippen LogP contribution in [0.1, 0.15) is 48.7 Å². The highest BCUT2D eigenvalue weighted by molar-refractivity contribution is 5.79. The topological polar surface area (TPSA) is 68.0 Å². The van der Waals surface area contributed by atoms with Gasteiger partial charge in [-0.2, -0.15) is 4.98 Å². The molecule has 0 aliphatic heterocycles. The lowest BCUT2D eigenvalue weighted by molar-refractivity contribution is -0.125. The van der Waals surface area contributed by atoms with Gasteiger partial charge in [0.25, 0.3) is 0 Å². The molecule has 1 saturated carbocycles. The quantitative estimate of drug-likeness (QED) is 0.682. The van der Waals surface area contributed by atoms with Crippen LogP contribution < -0.4 is 5.32 Å². The number of aromatic nitrogens is 2. The van der Waals surface area contributed by atoms with E-state index in [-0.39, 0.29) is 17.9 Å². The van der Waals surface area contributed by atoms with Gasteiger partial charge >= 0.3 is 0 Å². The van der Waals surface area contributed by atoms with Crippen molar-refractivity contribution in [3.63, 3.8) is 0 Å². The maximum Gasteiger partial charge on any atom is 0.249 e. The van der Waals surface area contributed by atoms with E-state index in [1.807, 2.05) is 61.5 Å². The molecule has 0 saturated heterocycles. The van der Waals surface area contributed by atoms with E-state index in [0.29, 0.717) is 18.1 Å². The molecule has 2 aromatic carbocycles. The van der Waals surface area contributed by atoms with Gasteiger partial charge in [0, 0.05) is 17.9 Å². The van der Waals surface area contributed by atoms with Gasteiger partial charge in [0.15, 0.2) is 0 Å². The number of benzene rings is 2. The van der Waals surface area contributed by atoms with Gasteiger partial charge in [-0.1, -0.05) is 72.1 Å². The first-order valence-electron chi connectivity index (χ1n) is 9.94. The van der Waals surface area contributed by atoms with Gasteiger partial charge < -0.3 is 9.84 Å². The van der Waals surface area contributed by atoms with Crippen LogP contribution in [0.15, 0.2) is 59.1 Å². The molecule has 28 heavy (non-hydrogen) atoms.